The van der Waals surface area contributed by atoms with Crippen LogP contribution in [0.5, 0.6) is 0 Å². The maximum absolute atomic E-state index is 11.9. The van der Waals surface area contributed by atoms with E-state index in [1.165, 1.54) is 28.4 Å². The first-order chi connectivity index (χ1) is 13.8. The van der Waals surface area contributed by atoms with Gasteiger partial charge in [0, 0.05) is 18.4 Å². The number of benzene rings is 2. The standard InChI is InChI=1S/C18H17N5O4S2/c1-29(26,27)22-9-8-13-10-12(6-7-16(13)22)15-11-28-18(21-20-15)19-14-4-2-3-5-17(14)23(24)25/h2-7,10H,8-9,11H2,1H3,(H,19,21). The third kappa shape index (κ3) is 3.96. The molecule has 2 aromatic rings. The van der Waals surface area contributed by atoms with E-state index in [9.17, 15) is 18.5 Å². The number of anilines is 1. The number of hydrogen-bond acceptors (Lipinski definition) is 7. The molecule has 0 aromatic heterocycles. The predicted molar refractivity (Wildman–Crippen MR) is 115 cm³/mol. The molecule has 150 valence electrons. The van der Waals surface area contributed by atoms with Crippen LogP contribution >= 0.6 is 11.8 Å². The second-order valence-electron chi connectivity index (χ2n) is 6.55. The van der Waals surface area contributed by atoms with Gasteiger partial charge in [0.1, 0.15) is 5.69 Å². The lowest BCUT2D eigenvalue weighted by molar-refractivity contribution is -0.384. The van der Waals surface area contributed by atoms with E-state index < -0.39 is 14.9 Å². The van der Waals surface area contributed by atoms with Crippen molar-refractivity contribution in [2.24, 2.45) is 10.1 Å². The van der Waals surface area contributed by atoms with Crippen molar-refractivity contribution in [3.63, 3.8) is 0 Å². The van der Waals surface area contributed by atoms with Crippen molar-refractivity contribution < 1.29 is 13.3 Å². The van der Waals surface area contributed by atoms with Gasteiger partial charge in [-0.15, -0.1) is 0 Å². The van der Waals surface area contributed by atoms with E-state index in [-0.39, 0.29) is 11.4 Å². The number of nitro benzene ring substituents is 1. The lowest BCUT2D eigenvalue weighted by Crippen LogP contribution is -2.27. The molecule has 2 heterocycles. The molecule has 0 saturated heterocycles. The van der Waals surface area contributed by atoms with Gasteiger partial charge in [-0.1, -0.05) is 30.0 Å². The number of hydrogen-bond donors (Lipinski definition) is 1. The molecule has 0 radical (unpaired) electrons. The summed E-state index contributed by atoms with van der Waals surface area (Å²) in [5.41, 5.74) is 6.46. The summed E-state index contributed by atoms with van der Waals surface area (Å²) in [4.78, 5) is 15.0. The number of amidine groups is 1. The topological polar surface area (TPSA) is 117 Å². The molecule has 0 saturated carbocycles. The number of fused-ring (bicyclic) bond motifs is 1. The average Bonchev–Trinajstić information content (AvgIpc) is 3.12. The quantitative estimate of drug-likeness (QED) is 0.587. The van der Waals surface area contributed by atoms with Gasteiger partial charge in [-0.2, -0.15) is 5.10 Å². The van der Waals surface area contributed by atoms with Crippen molar-refractivity contribution in [1.29, 1.82) is 0 Å². The Morgan fingerprint density at radius 1 is 1.28 bits per heavy atom. The Bertz CT molecular complexity index is 1160. The highest BCUT2D eigenvalue weighted by atomic mass is 32.2. The average molecular weight is 431 g/mol. The Hall–Kier alpha value is -2.92. The summed E-state index contributed by atoms with van der Waals surface area (Å²) in [6.07, 6.45) is 1.87. The molecule has 0 unspecified atom stereocenters. The van der Waals surface area contributed by atoms with Crippen LogP contribution in [0.4, 0.5) is 17.1 Å². The number of sulfonamides is 1. The van der Waals surface area contributed by atoms with E-state index in [1.54, 1.807) is 18.2 Å². The monoisotopic (exact) mass is 431 g/mol. The zero-order valence-corrected chi connectivity index (χ0v) is 17.0. The molecule has 0 bridgehead atoms. The molecule has 2 aromatic carbocycles. The van der Waals surface area contributed by atoms with Crippen LogP contribution < -0.4 is 9.73 Å². The van der Waals surface area contributed by atoms with Gasteiger partial charge in [-0.05, 0) is 35.7 Å². The predicted octanol–water partition coefficient (Wildman–Crippen LogP) is 2.65. The number of nitro groups is 1. The smallest absolute Gasteiger partial charge is 0.270 e. The van der Waals surface area contributed by atoms with Crippen molar-refractivity contribution in [3.8, 4) is 0 Å². The molecule has 29 heavy (non-hydrogen) atoms. The summed E-state index contributed by atoms with van der Waals surface area (Å²) in [5, 5.41) is 16.0. The van der Waals surface area contributed by atoms with Crippen LogP contribution in [-0.2, 0) is 16.4 Å². The summed E-state index contributed by atoms with van der Waals surface area (Å²) in [6.45, 7) is 0.448. The Morgan fingerprint density at radius 2 is 2.07 bits per heavy atom. The van der Waals surface area contributed by atoms with Crippen molar-refractivity contribution in [3.05, 3.63) is 63.7 Å². The van der Waals surface area contributed by atoms with Gasteiger partial charge in [0.25, 0.3) is 5.69 Å². The van der Waals surface area contributed by atoms with Crippen LogP contribution in [0.2, 0.25) is 0 Å². The zero-order valence-electron chi connectivity index (χ0n) is 15.4. The van der Waals surface area contributed by atoms with Gasteiger partial charge in [0.05, 0.1) is 22.6 Å². The molecule has 2 aliphatic rings. The molecule has 11 heteroatoms. The van der Waals surface area contributed by atoms with Crippen molar-refractivity contribution in [2.45, 2.75) is 6.42 Å². The minimum absolute atomic E-state index is 0.0637. The van der Waals surface area contributed by atoms with E-state index >= 15 is 0 Å². The highest BCUT2D eigenvalue weighted by molar-refractivity contribution is 8.14. The molecule has 0 atom stereocenters. The van der Waals surface area contributed by atoms with E-state index in [0.29, 0.717) is 29.6 Å². The summed E-state index contributed by atoms with van der Waals surface area (Å²) >= 11 is 1.40. The second kappa shape index (κ2) is 7.48. The molecule has 4 rings (SSSR count). The van der Waals surface area contributed by atoms with Crippen molar-refractivity contribution in [2.75, 3.05) is 22.9 Å². The fourth-order valence-corrected chi connectivity index (χ4v) is 4.98. The normalized spacial score (nSPS) is 17.6. The summed E-state index contributed by atoms with van der Waals surface area (Å²) < 4.78 is 25.2. The highest BCUT2D eigenvalue weighted by Crippen LogP contribution is 2.32. The first kappa shape index (κ1) is 19.4. The summed E-state index contributed by atoms with van der Waals surface area (Å²) in [6, 6.07) is 11.9. The van der Waals surface area contributed by atoms with Crippen molar-refractivity contribution >= 4 is 49.7 Å². The third-order valence-electron chi connectivity index (χ3n) is 4.60. The Kier molecular flexibility index (Phi) is 5.01. The van der Waals surface area contributed by atoms with Gasteiger partial charge in [0.2, 0.25) is 10.0 Å². The summed E-state index contributed by atoms with van der Waals surface area (Å²) in [7, 11) is -3.28. The molecule has 0 spiro atoms. The number of rotatable bonds is 4. The Labute approximate surface area is 171 Å². The van der Waals surface area contributed by atoms with Crippen LogP contribution in [0, 0.1) is 10.1 Å². The van der Waals surface area contributed by atoms with Gasteiger partial charge >= 0.3 is 0 Å². The van der Waals surface area contributed by atoms with E-state index in [2.05, 4.69) is 15.5 Å². The largest absolute Gasteiger partial charge is 0.294 e. The maximum Gasteiger partial charge on any atom is 0.294 e. The van der Waals surface area contributed by atoms with Crippen LogP contribution in [0.1, 0.15) is 11.1 Å². The van der Waals surface area contributed by atoms with E-state index in [0.717, 1.165) is 16.8 Å². The number of aliphatic imine (C=N–C) groups is 1. The van der Waals surface area contributed by atoms with Crippen LogP contribution in [-0.4, -0.2) is 42.8 Å². The molecule has 1 N–H and O–H groups in total. The van der Waals surface area contributed by atoms with Gasteiger partial charge in [-0.25, -0.2) is 13.4 Å². The third-order valence-corrected chi connectivity index (χ3v) is 6.65. The number of thioether (sulfide) groups is 1. The van der Waals surface area contributed by atoms with Gasteiger partial charge in [-0.3, -0.25) is 19.8 Å². The SMILES string of the molecule is CS(=O)(=O)N1CCc2cc(C3=NNC(=Nc4ccccc4[N+](=O)[O-])SC3)ccc21. The van der Waals surface area contributed by atoms with Crippen LogP contribution in [0.3, 0.4) is 0 Å². The first-order valence-corrected chi connectivity index (χ1v) is 11.5. The van der Waals surface area contributed by atoms with Gasteiger partial charge < -0.3 is 0 Å². The second-order valence-corrected chi connectivity index (χ2v) is 9.42. The van der Waals surface area contributed by atoms with Crippen LogP contribution in [0.25, 0.3) is 0 Å². The van der Waals surface area contributed by atoms with Gasteiger partial charge in [0.15, 0.2) is 5.17 Å². The fraction of sp³-hybridized carbons (Fsp3) is 0.222. The van der Waals surface area contributed by atoms with Crippen molar-refractivity contribution in [1.82, 2.24) is 5.43 Å². The minimum Gasteiger partial charge on any atom is -0.270 e. The zero-order chi connectivity index (χ0) is 20.6. The maximum atomic E-state index is 11.9. The lowest BCUT2D eigenvalue weighted by atomic mass is 10.1. The molecule has 9 nitrogen and oxygen atoms in total. The molecule has 0 amide bonds. The minimum atomic E-state index is -3.28. The fourth-order valence-electron chi connectivity index (χ4n) is 3.24. The summed E-state index contributed by atoms with van der Waals surface area (Å²) in [5.74, 6) is 0.543. The number of nitrogens with one attached hydrogen (secondary N) is 1. The number of para-hydroxylation sites is 2. The van der Waals surface area contributed by atoms with E-state index in [1.807, 2.05) is 18.2 Å². The van der Waals surface area contributed by atoms with Crippen LogP contribution in [0.15, 0.2) is 52.6 Å². The molecular weight excluding hydrogens is 414 g/mol. The van der Waals surface area contributed by atoms with E-state index in [4.69, 9.17) is 0 Å². The number of hydrazone groups is 1. The molecule has 2 aliphatic heterocycles. The molecular formula is C18H17N5O4S2. The molecule has 0 aliphatic carbocycles. The highest BCUT2D eigenvalue weighted by Gasteiger charge is 2.27. The Morgan fingerprint density at radius 3 is 2.76 bits per heavy atom. The Balaban J connectivity index is 1.55. The number of nitrogens with zero attached hydrogens (tertiary/aromatic N) is 4. The molecule has 0 fully saturated rings. The lowest BCUT2D eigenvalue weighted by Gasteiger charge is -2.18. The first-order valence-electron chi connectivity index (χ1n) is 8.71.